The van der Waals surface area contributed by atoms with Crippen LogP contribution in [0.2, 0.25) is 0 Å². The number of carbonyl (C=O) groups excluding carboxylic acids is 1. The van der Waals surface area contributed by atoms with Crippen LogP contribution in [0.1, 0.15) is 25.3 Å². The number of quaternary nitrogens is 1. The maximum atomic E-state index is 12.6. The second kappa shape index (κ2) is 8.50. The van der Waals surface area contributed by atoms with Gasteiger partial charge in [0.25, 0.3) is 5.91 Å². The lowest BCUT2D eigenvalue weighted by Crippen LogP contribution is -3.15. The Morgan fingerprint density at radius 2 is 1.85 bits per heavy atom. The Labute approximate surface area is 156 Å². The van der Waals surface area contributed by atoms with Crippen molar-refractivity contribution in [2.24, 2.45) is 5.92 Å². The Balaban J connectivity index is 1.48. The monoisotopic (exact) mass is 380 g/mol. The summed E-state index contributed by atoms with van der Waals surface area (Å²) in [4.78, 5) is 15.7. The average Bonchev–Trinajstić information content (AvgIpc) is 2.62. The van der Waals surface area contributed by atoms with Crippen molar-refractivity contribution < 1.29 is 18.1 Å². The van der Waals surface area contributed by atoms with Gasteiger partial charge in [0, 0.05) is 13.1 Å². The van der Waals surface area contributed by atoms with E-state index in [1.54, 1.807) is 4.31 Å². The normalized spacial score (nSPS) is 23.1. The smallest absolute Gasteiger partial charge is 0.277 e. The van der Waals surface area contributed by atoms with E-state index in [1.807, 2.05) is 35.2 Å². The van der Waals surface area contributed by atoms with Gasteiger partial charge in [-0.2, -0.15) is 4.31 Å². The van der Waals surface area contributed by atoms with Crippen molar-refractivity contribution >= 4 is 15.9 Å². The van der Waals surface area contributed by atoms with Crippen molar-refractivity contribution in [1.82, 2.24) is 9.21 Å². The van der Waals surface area contributed by atoms with Gasteiger partial charge in [0.15, 0.2) is 6.54 Å². The fourth-order valence-electron chi connectivity index (χ4n) is 3.88. The Hall–Kier alpha value is -1.44. The molecule has 7 heteroatoms. The molecule has 2 fully saturated rings. The molecule has 2 heterocycles. The fourth-order valence-corrected chi connectivity index (χ4v) is 5.41. The summed E-state index contributed by atoms with van der Waals surface area (Å²) in [5, 5.41) is 0. The lowest BCUT2D eigenvalue weighted by molar-refractivity contribution is -0.896. The number of nitrogens with one attached hydrogen (secondary N) is 1. The first-order valence-electron chi connectivity index (χ1n) is 9.57. The van der Waals surface area contributed by atoms with E-state index in [2.05, 4.69) is 6.92 Å². The number of sulfonamides is 1. The number of piperazine rings is 1. The van der Waals surface area contributed by atoms with Gasteiger partial charge in [-0.05, 0) is 24.3 Å². The van der Waals surface area contributed by atoms with Gasteiger partial charge in [-0.3, -0.25) is 4.79 Å². The molecular formula is C19H30N3O3S+. The van der Waals surface area contributed by atoms with Crippen LogP contribution in [0, 0.1) is 5.92 Å². The van der Waals surface area contributed by atoms with Crippen molar-refractivity contribution in [2.45, 2.75) is 25.5 Å². The minimum absolute atomic E-state index is 0.0494. The van der Waals surface area contributed by atoms with Crippen LogP contribution in [-0.4, -0.2) is 69.3 Å². The van der Waals surface area contributed by atoms with E-state index in [9.17, 15) is 13.2 Å². The number of rotatable bonds is 5. The summed E-state index contributed by atoms with van der Waals surface area (Å²) in [6.07, 6.45) is 2.29. The van der Waals surface area contributed by atoms with Gasteiger partial charge in [-0.25, -0.2) is 8.42 Å². The predicted molar refractivity (Wildman–Crippen MR) is 101 cm³/mol. The van der Waals surface area contributed by atoms with Gasteiger partial charge in [0.2, 0.25) is 10.0 Å². The quantitative estimate of drug-likeness (QED) is 0.781. The van der Waals surface area contributed by atoms with Crippen molar-refractivity contribution in [1.29, 1.82) is 0 Å². The van der Waals surface area contributed by atoms with Gasteiger partial charge in [-0.1, -0.05) is 37.3 Å². The molecule has 6 nitrogen and oxygen atoms in total. The third-order valence-corrected chi connectivity index (χ3v) is 7.28. The summed E-state index contributed by atoms with van der Waals surface area (Å²) in [6, 6.07) is 9.30. The van der Waals surface area contributed by atoms with E-state index in [4.69, 9.17) is 0 Å². The molecule has 1 aromatic rings. The molecule has 0 spiro atoms. The highest BCUT2D eigenvalue weighted by Gasteiger charge is 2.31. The molecule has 1 aromatic carbocycles. The maximum Gasteiger partial charge on any atom is 0.277 e. The summed E-state index contributed by atoms with van der Waals surface area (Å²) < 4.78 is 26.8. The Kier molecular flexibility index (Phi) is 6.32. The molecule has 2 aliphatic rings. The number of benzene rings is 1. The third kappa shape index (κ3) is 5.05. The van der Waals surface area contributed by atoms with Gasteiger partial charge < -0.3 is 9.80 Å². The summed E-state index contributed by atoms with van der Waals surface area (Å²) in [5.41, 5.74) is 0.816. The first-order valence-corrected chi connectivity index (χ1v) is 11.2. The zero-order valence-corrected chi connectivity index (χ0v) is 16.4. The molecule has 1 N–H and O–H groups in total. The van der Waals surface area contributed by atoms with E-state index in [-0.39, 0.29) is 11.7 Å². The fraction of sp³-hybridized carbons (Fsp3) is 0.632. The average molecular weight is 381 g/mol. The highest BCUT2D eigenvalue weighted by atomic mass is 32.2. The molecule has 1 atom stereocenters. The van der Waals surface area contributed by atoms with Crippen LogP contribution in [0.15, 0.2) is 30.3 Å². The molecule has 0 aliphatic carbocycles. The first-order chi connectivity index (χ1) is 12.4. The minimum Gasteiger partial charge on any atom is -0.338 e. The zero-order valence-electron chi connectivity index (χ0n) is 15.6. The van der Waals surface area contributed by atoms with E-state index in [0.717, 1.165) is 25.1 Å². The van der Waals surface area contributed by atoms with Gasteiger partial charge in [0.05, 0.1) is 31.9 Å². The second-order valence-electron chi connectivity index (χ2n) is 7.65. The number of hydrogen-bond acceptors (Lipinski definition) is 3. The van der Waals surface area contributed by atoms with Crippen LogP contribution in [0.25, 0.3) is 0 Å². The SMILES string of the molecule is C[C@@H]1CCCN(C(=O)C[NH+]2CCN(S(=O)(=O)Cc3ccccc3)CC2)C1. The number of piperidine rings is 1. The lowest BCUT2D eigenvalue weighted by Gasteiger charge is -2.34. The summed E-state index contributed by atoms with van der Waals surface area (Å²) >= 11 is 0. The van der Waals surface area contributed by atoms with Crippen molar-refractivity contribution in [3.05, 3.63) is 35.9 Å². The van der Waals surface area contributed by atoms with Crippen molar-refractivity contribution in [3.8, 4) is 0 Å². The van der Waals surface area contributed by atoms with Crippen molar-refractivity contribution in [2.75, 3.05) is 45.8 Å². The molecule has 1 amide bonds. The Morgan fingerprint density at radius 1 is 1.15 bits per heavy atom. The number of nitrogens with zero attached hydrogens (tertiary/aromatic N) is 2. The van der Waals surface area contributed by atoms with Crippen LogP contribution in [0.4, 0.5) is 0 Å². The van der Waals surface area contributed by atoms with Crippen molar-refractivity contribution in [3.63, 3.8) is 0 Å². The van der Waals surface area contributed by atoms with Gasteiger partial charge in [-0.15, -0.1) is 0 Å². The van der Waals surface area contributed by atoms with E-state index in [1.165, 1.54) is 11.3 Å². The molecule has 2 aliphatic heterocycles. The molecule has 3 rings (SSSR count). The predicted octanol–water partition coefficient (Wildman–Crippen LogP) is -0.0246. The Morgan fingerprint density at radius 3 is 2.50 bits per heavy atom. The molecule has 0 radical (unpaired) electrons. The zero-order chi connectivity index (χ0) is 18.6. The number of carbonyl (C=O) groups is 1. The largest absolute Gasteiger partial charge is 0.338 e. The van der Waals surface area contributed by atoms with Gasteiger partial charge >= 0.3 is 0 Å². The highest BCUT2D eigenvalue weighted by molar-refractivity contribution is 7.88. The van der Waals surface area contributed by atoms with Crippen LogP contribution in [-0.2, 0) is 20.6 Å². The van der Waals surface area contributed by atoms with E-state index < -0.39 is 10.0 Å². The standard InChI is InChI=1S/C19H29N3O3S/c1-17-6-5-9-21(14-17)19(23)15-20-10-12-22(13-11-20)26(24,25)16-18-7-3-2-4-8-18/h2-4,7-8,17H,5-6,9-16H2,1H3/p+1/t17-/m1/s1. The molecule has 0 unspecified atom stereocenters. The van der Waals surface area contributed by atoms with Gasteiger partial charge in [0.1, 0.15) is 0 Å². The van der Waals surface area contributed by atoms with Crippen LogP contribution >= 0.6 is 0 Å². The Bertz CT molecular complexity index is 700. The summed E-state index contributed by atoms with van der Waals surface area (Å²) in [6.45, 7) is 6.80. The molecule has 26 heavy (non-hydrogen) atoms. The molecule has 0 bridgehead atoms. The molecular weight excluding hydrogens is 350 g/mol. The minimum atomic E-state index is -3.29. The second-order valence-corrected chi connectivity index (χ2v) is 9.62. The maximum absolute atomic E-state index is 12.6. The summed E-state index contributed by atoms with van der Waals surface area (Å²) in [5.74, 6) is 0.850. The topological polar surface area (TPSA) is 62.1 Å². The van der Waals surface area contributed by atoms with Crippen LogP contribution in [0.5, 0.6) is 0 Å². The molecule has 2 saturated heterocycles. The van der Waals surface area contributed by atoms with Crippen LogP contribution in [0.3, 0.4) is 0 Å². The lowest BCUT2D eigenvalue weighted by atomic mass is 10.0. The van der Waals surface area contributed by atoms with E-state index in [0.29, 0.717) is 38.6 Å². The van der Waals surface area contributed by atoms with Crippen LogP contribution < -0.4 is 4.90 Å². The summed E-state index contributed by atoms with van der Waals surface area (Å²) in [7, 11) is -3.29. The first kappa shape index (κ1) is 19.3. The number of amides is 1. The number of hydrogen-bond donors (Lipinski definition) is 1. The molecule has 0 saturated carbocycles. The highest BCUT2D eigenvalue weighted by Crippen LogP contribution is 2.15. The third-order valence-electron chi connectivity index (χ3n) is 5.43. The molecule has 144 valence electrons. The molecule has 0 aromatic heterocycles. The van der Waals surface area contributed by atoms with E-state index >= 15 is 0 Å². The number of likely N-dealkylation sites (tertiary alicyclic amines) is 1.